The first-order chi connectivity index (χ1) is 14.6. The summed E-state index contributed by atoms with van der Waals surface area (Å²) in [7, 11) is 0. The van der Waals surface area contributed by atoms with Crippen LogP contribution in [-0.2, 0) is 28.5 Å². The van der Waals surface area contributed by atoms with E-state index < -0.39 is 86.6 Å². The van der Waals surface area contributed by atoms with Gasteiger partial charge in [0, 0.05) is 12.8 Å². The van der Waals surface area contributed by atoms with Crippen molar-refractivity contribution in [2.24, 2.45) is 0 Å². The van der Waals surface area contributed by atoms with Gasteiger partial charge in [0.15, 0.2) is 24.8 Å². The van der Waals surface area contributed by atoms with Crippen LogP contribution in [0.4, 0.5) is 0 Å². The molecular weight excluding hydrogens is 428 g/mol. The lowest BCUT2D eigenvalue weighted by Crippen LogP contribution is -2.43. The molecule has 0 aromatic heterocycles. The average Bonchev–Trinajstić information content (AvgIpc) is 3.17. The normalized spacial score (nSPS) is 37.4. The molecule has 2 aliphatic heterocycles. The molecule has 2 rings (SSSR count). The van der Waals surface area contributed by atoms with Gasteiger partial charge in [-0.2, -0.15) is 0 Å². The van der Waals surface area contributed by atoms with Crippen LogP contribution in [0.25, 0.3) is 0 Å². The van der Waals surface area contributed by atoms with Gasteiger partial charge in [-0.3, -0.25) is 9.59 Å². The fourth-order valence-electron chi connectivity index (χ4n) is 3.25. The molecule has 0 aliphatic carbocycles. The summed E-state index contributed by atoms with van der Waals surface area (Å²) in [6.07, 6.45) is -16.1. The SMILES string of the molecule is O=C(CCCC(=O)O[C@@H]1[C@@H](O)[C@@H](O)O[C@H]1[C@H](O)CO)O[C@@H]1[C@@H](O)[C@@H](O)O[C@H]1[C@H](O)CO. The summed E-state index contributed by atoms with van der Waals surface area (Å²) in [6, 6.07) is 0. The summed E-state index contributed by atoms with van der Waals surface area (Å²) >= 11 is 0. The zero-order valence-electron chi connectivity index (χ0n) is 16.3. The number of carbonyl (C=O) groups is 2. The molecule has 0 unspecified atom stereocenters. The van der Waals surface area contributed by atoms with Gasteiger partial charge in [0.1, 0.15) is 36.6 Å². The lowest BCUT2D eigenvalue weighted by molar-refractivity contribution is -0.164. The van der Waals surface area contributed by atoms with E-state index in [0.29, 0.717) is 0 Å². The summed E-state index contributed by atoms with van der Waals surface area (Å²) in [5.41, 5.74) is 0. The van der Waals surface area contributed by atoms with E-state index in [4.69, 9.17) is 29.2 Å². The summed E-state index contributed by atoms with van der Waals surface area (Å²) in [5, 5.41) is 75.9. The average molecular weight is 456 g/mol. The Morgan fingerprint density at radius 1 is 0.742 bits per heavy atom. The number of carbonyl (C=O) groups excluding carboxylic acids is 2. The number of aliphatic hydroxyl groups excluding tert-OH is 8. The molecule has 2 heterocycles. The van der Waals surface area contributed by atoms with Gasteiger partial charge in [0.2, 0.25) is 0 Å². The number of rotatable bonds is 10. The van der Waals surface area contributed by atoms with E-state index in [0.717, 1.165) is 0 Å². The third kappa shape index (κ3) is 6.29. The highest BCUT2D eigenvalue weighted by Crippen LogP contribution is 2.27. The van der Waals surface area contributed by atoms with Crippen LogP contribution >= 0.6 is 0 Å². The van der Waals surface area contributed by atoms with Crippen molar-refractivity contribution in [3.63, 3.8) is 0 Å². The Morgan fingerprint density at radius 3 is 1.42 bits per heavy atom. The number of hydrogen-bond acceptors (Lipinski definition) is 14. The first-order valence-electron chi connectivity index (χ1n) is 9.60. The molecular formula is C17H28O14. The molecule has 0 aromatic rings. The van der Waals surface area contributed by atoms with Crippen LogP contribution in [0.5, 0.6) is 0 Å². The topological polar surface area (TPSA) is 233 Å². The molecule has 2 fully saturated rings. The molecule has 10 atom stereocenters. The first-order valence-corrected chi connectivity index (χ1v) is 9.60. The van der Waals surface area contributed by atoms with E-state index in [-0.39, 0.29) is 19.3 Å². The predicted octanol–water partition coefficient (Wildman–Crippen LogP) is -5.16. The third-order valence-electron chi connectivity index (χ3n) is 4.93. The van der Waals surface area contributed by atoms with Gasteiger partial charge in [-0.05, 0) is 6.42 Å². The highest BCUT2D eigenvalue weighted by molar-refractivity contribution is 5.73. The molecule has 2 aliphatic rings. The lowest BCUT2D eigenvalue weighted by atomic mass is 10.1. The second-order valence-electron chi connectivity index (χ2n) is 7.23. The summed E-state index contributed by atoms with van der Waals surface area (Å²) in [5.74, 6) is -1.78. The molecule has 0 saturated carbocycles. The molecule has 14 nitrogen and oxygen atoms in total. The van der Waals surface area contributed by atoms with Crippen LogP contribution in [0.2, 0.25) is 0 Å². The van der Waals surface area contributed by atoms with Gasteiger partial charge >= 0.3 is 11.9 Å². The molecule has 0 bridgehead atoms. The van der Waals surface area contributed by atoms with E-state index in [1.807, 2.05) is 0 Å². The smallest absolute Gasteiger partial charge is 0.306 e. The van der Waals surface area contributed by atoms with E-state index in [1.54, 1.807) is 0 Å². The van der Waals surface area contributed by atoms with Crippen molar-refractivity contribution in [2.45, 2.75) is 80.7 Å². The minimum atomic E-state index is -1.73. The number of esters is 2. The Hall–Kier alpha value is -1.46. The van der Waals surface area contributed by atoms with Gasteiger partial charge in [-0.1, -0.05) is 0 Å². The zero-order chi connectivity index (χ0) is 23.3. The van der Waals surface area contributed by atoms with E-state index in [9.17, 15) is 40.2 Å². The molecule has 31 heavy (non-hydrogen) atoms. The molecule has 8 N–H and O–H groups in total. The van der Waals surface area contributed by atoms with Gasteiger partial charge in [0.25, 0.3) is 0 Å². The van der Waals surface area contributed by atoms with Crippen LogP contribution < -0.4 is 0 Å². The molecule has 0 aromatic carbocycles. The van der Waals surface area contributed by atoms with Crippen molar-refractivity contribution in [2.75, 3.05) is 13.2 Å². The first kappa shape index (κ1) is 25.8. The van der Waals surface area contributed by atoms with Crippen molar-refractivity contribution in [1.82, 2.24) is 0 Å². The summed E-state index contributed by atoms with van der Waals surface area (Å²) < 4.78 is 19.7. The molecule has 0 radical (unpaired) electrons. The standard InChI is InChI=1S/C17H28O14/c18-4-6(20)12-14(10(24)16(26)30-12)28-8(22)2-1-3-9(23)29-15-11(25)17(27)31-13(15)7(21)5-19/h6-7,10-21,24-27H,1-5H2/t6-,7-,10-,11-,12+,13+,14-,15-,16+,17+/m1/s1. The summed E-state index contributed by atoms with van der Waals surface area (Å²) in [4.78, 5) is 24.0. The second kappa shape index (κ2) is 11.4. The van der Waals surface area contributed by atoms with Gasteiger partial charge in [-0.15, -0.1) is 0 Å². The molecule has 2 saturated heterocycles. The largest absolute Gasteiger partial charge is 0.456 e. The Bertz CT molecular complexity index is 551. The maximum absolute atomic E-state index is 12.0. The Morgan fingerprint density at radius 2 is 1.10 bits per heavy atom. The van der Waals surface area contributed by atoms with Crippen LogP contribution in [-0.4, -0.2) is 127 Å². The maximum atomic E-state index is 12.0. The number of ether oxygens (including phenoxy) is 4. The van der Waals surface area contributed by atoms with Gasteiger partial charge in [-0.25, -0.2) is 0 Å². The van der Waals surface area contributed by atoms with Crippen LogP contribution in [0, 0.1) is 0 Å². The quantitative estimate of drug-likeness (QED) is 0.144. The number of aliphatic hydroxyl groups is 8. The maximum Gasteiger partial charge on any atom is 0.306 e. The Labute approximate surface area is 176 Å². The minimum Gasteiger partial charge on any atom is -0.456 e. The van der Waals surface area contributed by atoms with Crippen LogP contribution in [0.15, 0.2) is 0 Å². The third-order valence-corrected chi connectivity index (χ3v) is 4.93. The Kier molecular flexibility index (Phi) is 9.50. The zero-order valence-corrected chi connectivity index (χ0v) is 16.3. The van der Waals surface area contributed by atoms with Gasteiger partial charge < -0.3 is 59.8 Å². The highest BCUT2D eigenvalue weighted by Gasteiger charge is 2.49. The highest BCUT2D eigenvalue weighted by atomic mass is 16.7. The monoisotopic (exact) mass is 456 g/mol. The van der Waals surface area contributed by atoms with E-state index in [1.165, 1.54) is 0 Å². The molecule has 14 heteroatoms. The van der Waals surface area contributed by atoms with Crippen molar-refractivity contribution < 1.29 is 69.4 Å². The Balaban J connectivity index is 1.80. The van der Waals surface area contributed by atoms with E-state index >= 15 is 0 Å². The fraction of sp³-hybridized carbons (Fsp3) is 0.882. The summed E-state index contributed by atoms with van der Waals surface area (Å²) in [6.45, 7) is -1.53. The van der Waals surface area contributed by atoms with Crippen molar-refractivity contribution >= 4 is 11.9 Å². The van der Waals surface area contributed by atoms with Crippen LogP contribution in [0.3, 0.4) is 0 Å². The minimum absolute atomic E-state index is 0.0867. The lowest BCUT2D eigenvalue weighted by Gasteiger charge is -2.23. The van der Waals surface area contributed by atoms with Crippen molar-refractivity contribution in [3.05, 3.63) is 0 Å². The van der Waals surface area contributed by atoms with Crippen molar-refractivity contribution in [3.8, 4) is 0 Å². The molecule has 0 amide bonds. The van der Waals surface area contributed by atoms with E-state index in [2.05, 4.69) is 0 Å². The molecule has 0 spiro atoms. The number of hydrogen-bond donors (Lipinski definition) is 8. The predicted molar refractivity (Wildman–Crippen MR) is 93.6 cm³/mol. The van der Waals surface area contributed by atoms with Gasteiger partial charge in [0.05, 0.1) is 13.2 Å². The van der Waals surface area contributed by atoms with Crippen LogP contribution in [0.1, 0.15) is 19.3 Å². The second-order valence-corrected chi connectivity index (χ2v) is 7.23. The van der Waals surface area contributed by atoms with Crippen molar-refractivity contribution in [1.29, 1.82) is 0 Å². The molecule has 180 valence electrons. The fourth-order valence-corrected chi connectivity index (χ4v) is 3.25.